The van der Waals surface area contributed by atoms with E-state index in [0.717, 1.165) is 23.5 Å². The fraction of sp³-hybridized carbons (Fsp3) is 0.583. The van der Waals surface area contributed by atoms with Crippen LogP contribution in [-0.2, 0) is 11.3 Å². The summed E-state index contributed by atoms with van der Waals surface area (Å²) in [5, 5.41) is 12.3. The summed E-state index contributed by atoms with van der Waals surface area (Å²) in [7, 11) is 0. The molecule has 5 heteroatoms. The fourth-order valence-electron chi connectivity index (χ4n) is 2.04. The van der Waals surface area contributed by atoms with E-state index in [1.807, 2.05) is 6.92 Å². The number of nitrogens with one attached hydrogen (secondary N) is 1. The van der Waals surface area contributed by atoms with Crippen molar-refractivity contribution in [1.82, 2.24) is 5.32 Å². The molecule has 94 valence electrons. The molecule has 2 N–H and O–H groups in total. The average Bonchev–Trinajstić information content (AvgIpc) is 2.82. The Morgan fingerprint density at radius 3 is 3.00 bits per heavy atom. The molecule has 0 aromatic carbocycles. The second-order valence-corrected chi connectivity index (χ2v) is 5.61. The number of rotatable bonds is 4. The van der Waals surface area contributed by atoms with Crippen LogP contribution in [0, 0.1) is 6.92 Å². The standard InChI is InChI=1S/C12H17NO3S/c1-7-10(3-4-16-7)13-6-9-5-11(12(14)15)17-8(9)2/h5,7,10,13H,3-4,6H2,1-2H3,(H,14,15). The number of hydrogen-bond donors (Lipinski definition) is 2. The van der Waals surface area contributed by atoms with Crippen LogP contribution in [-0.4, -0.2) is 29.8 Å². The Labute approximate surface area is 105 Å². The highest BCUT2D eigenvalue weighted by atomic mass is 32.1. The van der Waals surface area contributed by atoms with E-state index in [0.29, 0.717) is 17.5 Å². The van der Waals surface area contributed by atoms with Crippen LogP contribution in [0.15, 0.2) is 6.07 Å². The monoisotopic (exact) mass is 255 g/mol. The minimum absolute atomic E-state index is 0.243. The Balaban J connectivity index is 1.96. The molecule has 17 heavy (non-hydrogen) atoms. The largest absolute Gasteiger partial charge is 0.477 e. The Morgan fingerprint density at radius 1 is 1.71 bits per heavy atom. The minimum atomic E-state index is -0.845. The highest BCUT2D eigenvalue weighted by molar-refractivity contribution is 7.14. The topological polar surface area (TPSA) is 58.6 Å². The lowest BCUT2D eigenvalue weighted by Crippen LogP contribution is -2.34. The van der Waals surface area contributed by atoms with E-state index in [4.69, 9.17) is 9.84 Å². The summed E-state index contributed by atoms with van der Waals surface area (Å²) in [4.78, 5) is 12.3. The van der Waals surface area contributed by atoms with Gasteiger partial charge in [-0.1, -0.05) is 0 Å². The molecule has 0 saturated carbocycles. The van der Waals surface area contributed by atoms with Crippen molar-refractivity contribution in [1.29, 1.82) is 0 Å². The summed E-state index contributed by atoms with van der Waals surface area (Å²) >= 11 is 1.33. The molecule has 0 amide bonds. The number of carbonyl (C=O) groups is 1. The highest BCUT2D eigenvalue weighted by Gasteiger charge is 2.23. The summed E-state index contributed by atoms with van der Waals surface area (Å²) in [5.74, 6) is -0.845. The number of hydrogen-bond acceptors (Lipinski definition) is 4. The van der Waals surface area contributed by atoms with Crippen molar-refractivity contribution >= 4 is 17.3 Å². The molecule has 2 rings (SSSR count). The smallest absolute Gasteiger partial charge is 0.345 e. The highest BCUT2D eigenvalue weighted by Crippen LogP contribution is 2.22. The van der Waals surface area contributed by atoms with Crippen LogP contribution in [0.2, 0.25) is 0 Å². The molecule has 0 radical (unpaired) electrons. The maximum atomic E-state index is 10.8. The van der Waals surface area contributed by atoms with E-state index in [1.54, 1.807) is 6.07 Å². The van der Waals surface area contributed by atoms with Gasteiger partial charge in [0.15, 0.2) is 0 Å². The first-order valence-corrected chi connectivity index (χ1v) is 6.57. The zero-order valence-electron chi connectivity index (χ0n) is 10.0. The Hall–Kier alpha value is -0.910. The van der Waals surface area contributed by atoms with Gasteiger partial charge >= 0.3 is 5.97 Å². The van der Waals surface area contributed by atoms with Gasteiger partial charge in [0.1, 0.15) is 4.88 Å². The van der Waals surface area contributed by atoms with E-state index in [1.165, 1.54) is 11.3 Å². The lowest BCUT2D eigenvalue weighted by atomic mass is 10.1. The van der Waals surface area contributed by atoms with Crippen molar-refractivity contribution in [2.24, 2.45) is 0 Å². The summed E-state index contributed by atoms with van der Waals surface area (Å²) in [6.45, 7) is 5.55. The molecule has 0 spiro atoms. The van der Waals surface area contributed by atoms with Crippen molar-refractivity contribution in [2.75, 3.05) is 6.61 Å². The van der Waals surface area contributed by atoms with Crippen LogP contribution >= 0.6 is 11.3 Å². The molecule has 1 aliphatic rings. The van der Waals surface area contributed by atoms with Crippen molar-refractivity contribution in [2.45, 2.75) is 39.0 Å². The number of ether oxygens (including phenoxy) is 1. The second kappa shape index (κ2) is 5.16. The van der Waals surface area contributed by atoms with Crippen molar-refractivity contribution < 1.29 is 14.6 Å². The molecular weight excluding hydrogens is 238 g/mol. The van der Waals surface area contributed by atoms with E-state index in [2.05, 4.69) is 12.2 Å². The van der Waals surface area contributed by atoms with E-state index in [9.17, 15) is 4.79 Å². The number of thiophene rings is 1. The molecule has 2 unspecified atom stereocenters. The van der Waals surface area contributed by atoms with Crippen LogP contribution in [0.5, 0.6) is 0 Å². The lowest BCUT2D eigenvalue weighted by Gasteiger charge is -2.15. The molecule has 1 fully saturated rings. The number of aromatic carboxylic acids is 1. The summed E-state index contributed by atoms with van der Waals surface area (Å²) in [5.41, 5.74) is 1.08. The predicted molar refractivity (Wildman–Crippen MR) is 66.7 cm³/mol. The van der Waals surface area contributed by atoms with E-state index < -0.39 is 5.97 Å². The zero-order chi connectivity index (χ0) is 12.4. The van der Waals surface area contributed by atoms with E-state index >= 15 is 0 Å². The third-order valence-corrected chi connectivity index (χ3v) is 4.24. The molecule has 0 aliphatic carbocycles. The van der Waals surface area contributed by atoms with Crippen LogP contribution in [0.1, 0.15) is 33.5 Å². The van der Waals surface area contributed by atoms with Gasteiger partial charge in [-0.2, -0.15) is 0 Å². The van der Waals surface area contributed by atoms with Gasteiger partial charge in [-0.25, -0.2) is 4.79 Å². The van der Waals surface area contributed by atoms with Crippen LogP contribution < -0.4 is 5.32 Å². The molecule has 1 aliphatic heterocycles. The van der Waals surface area contributed by atoms with Crippen LogP contribution in [0.3, 0.4) is 0 Å². The third-order valence-electron chi connectivity index (χ3n) is 3.16. The van der Waals surface area contributed by atoms with Gasteiger partial charge in [0.25, 0.3) is 0 Å². The quantitative estimate of drug-likeness (QED) is 0.864. The molecule has 2 atom stereocenters. The van der Waals surface area contributed by atoms with Gasteiger partial charge in [-0.15, -0.1) is 11.3 Å². The fourth-order valence-corrected chi connectivity index (χ4v) is 2.92. The maximum absolute atomic E-state index is 10.8. The van der Waals surface area contributed by atoms with Crippen LogP contribution in [0.25, 0.3) is 0 Å². The lowest BCUT2D eigenvalue weighted by molar-refractivity contribution is 0.0702. The molecule has 1 saturated heterocycles. The first-order chi connectivity index (χ1) is 8.08. The number of carboxylic acid groups (broad SMARTS) is 1. The van der Waals surface area contributed by atoms with Gasteiger partial charge < -0.3 is 15.2 Å². The molecule has 2 heterocycles. The molecule has 1 aromatic rings. The minimum Gasteiger partial charge on any atom is -0.477 e. The van der Waals surface area contributed by atoms with Gasteiger partial charge in [-0.3, -0.25) is 0 Å². The van der Waals surface area contributed by atoms with Crippen molar-refractivity contribution in [3.8, 4) is 0 Å². The molecule has 0 bridgehead atoms. The number of aryl methyl sites for hydroxylation is 1. The van der Waals surface area contributed by atoms with E-state index in [-0.39, 0.29) is 6.10 Å². The molecular formula is C12H17NO3S. The summed E-state index contributed by atoms with van der Waals surface area (Å²) in [6, 6.07) is 2.14. The van der Waals surface area contributed by atoms with Gasteiger partial charge in [-0.05, 0) is 31.9 Å². The van der Waals surface area contributed by atoms with Crippen molar-refractivity contribution in [3.05, 3.63) is 21.4 Å². The number of carboxylic acids is 1. The van der Waals surface area contributed by atoms with Gasteiger partial charge in [0.05, 0.1) is 6.10 Å². The van der Waals surface area contributed by atoms with Gasteiger partial charge in [0.2, 0.25) is 0 Å². The summed E-state index contributed by atoms with van der Waals surface area (Å²) < 4.78 is 5.47. The Morgan fingerprint density at radius 2 is 2.47 bits per heavy atom. The SMILES string of the molecule is Cc1sc(C(=O)O)cc1CNC1CCOC1C. The molecule has 1 aromatic heterocycles. The Kier molecular flexibility index (Phi) is 3.81. The zero-order valence-corrected chi connectivity index (χ0v) is 10.8. The first kappa shape index (κ1) is 12.5. The third kappa shape index (κ3) is 2.86. The Bertz CT molecular complexity index is 416. The maximum Gasteiger partial charge on any atom is 0.345 e. The summed E-state index contributed by atoms with van der Waals surface area (Å²) in [6.07, 6.45) is 1.27. The van der Waals surface area contributed by atoms with Crippen molar-refractivity contribution in [3.63, 3.8) is 0 Å². The first-order valence-electron chi connectivity index (χ1n) is 5.75. The normalized spacial score (nSPS) is 24.1. The second-order valence-electron chi connectivity index (χ2n) is 4.35. The van der Waals surface area contributed by atoms with Gasteiger partial charge in [0, 0.05) is 24.1 Å². The molecule has 4 nitrogen and oxygen atoms in total. The average molecular weight is 255 g/mol. The van der Waals surface area contributed by atoms with Crippen LogP contribution in [0.4, 0.5) is 0 Å². The predicted octanol–water partition coefficient (Wildman–Crippen LogP) is 2.02.